The molecule has 0 spiro atoms. The molecule has 1 unspecified atom stereocenters. The van der Waals surface area contributed by atoms with Crippen LogP contribution in [-0.2, 0) is 4.79 Å². The first-order chi connectivity index (χ1) is 7.63. The van der Waals surface area contributed by atoms with Crippen LogP contribution in [0.4, 0.5) is 0 Å². The number of benzene rings is 1. The highest BCUT2D eigenvalue weighted by Gasteiger charge is 2.15. The highest BCUT2D eigenvalue weighted by molar-refractivity contribution is 5.55. The highest BCUT2D eigenvalue weighted by Crippen LogP contribution is 2.34. The molecule has 16 heavy (non-hydrogen) atoms. The van der Waals surface area contributed by atoms with Crippen LogP contribution in [0.1, 0.15) is 30.4 Å². The van der Waals surface area contributed by atoms with E-state index in [0.29, 0.717) is 6.42 Å². The molecule has 0 aliphatic rings. The van der Waals surface area contributed by atoms with Gasteiger partial charge in [0.25, 0.3) is 0 Å². The molecule has 1 aromatic carbocycles. The van der Waals surface area contributed by atoms with Crippen molar-refractivity contribution in [1.29, 1.82) is 0 Å². The molecule has 0 heterocycles. The van der Waals surface area contributed by atoms with Crippen LogP contribution < -0.4 is 9.47 Å². The summed E-state index contributed by atoms with van der Waals surface area (Å²) in [5.74, 6) is 1.72. The van der Waals surface area contributed by atoms with E-state index in [1.165, 1.54) is 0 Å². The number of ether oxygens (including phenoxy) is 2. The van der Waals surface area contributed by atoms with Crippen molar-refractivity contribution in [3.63, 3.8) is 0 Å². The van der Waals surface area contributed by atoms with Gasteiger partial charge in [-0.15, -0.1) is 0 Å². The molecule has 0 N–H and O–H groups in total. The number of aldehydes is 1. The number of hydrogen-bond acceptors (Lipinski definition) is 3. The lowest BCUT2D eigenvalue weighted by Crippen LogP contribution is -2.02. The molecular formula is C13H18O3. The SMILES string of the molecule is COc1cc(C)c(C(C)CC=O)c(OC)c1. The van der Waals surface area contributed by atoms with Crippen LogP contribution in [0.5, 0.6) is 11.5 Å². The van der Waals surface area contributed by atoms with E-state index in [-0.39, 0.29) is 5.92 Å². The van der Waals surface area contributed by atoms with Crippen molar-refractivity contribution in [3.05, 3.63) is 23.3 Å². The topological polar surface area (TPSA) is 35.5 Å². The van der Waals surface area contributed by atoms with Crippen molar-refractivity contribution in [3.8, 4) is 11.5 Å². The van der Waals surface area contributed by atoms with Crippen LogP contribution in [-0.4, -0.2) is 20.5 Å². The Bertz CT molecular complexity index is 372. The fraction of sp³-hybridized carbons (Fsp3) is 0.462. The van der Waals surface area contributed by atoms with E-state index in [0.717, 1.165) is 28.9 Å². The van der Waals surface area contributed by atoms with Gasteiger partial charge in [-0.25, -0.2) is 0 Å². The van der Waals surface area contributed by atoms with Gasteiger partial charge in [-0.3, -0.25) is 0 Å². The van der Waals surface area contributed by atoms with Crippen LogP contribution in [0.15, 0.2) is 12.1 Å². The van der Waals surface area contributed by atoms with Gasteiger partial charge in [-0.05, 0) is 24.5 Å². The summed E-state index contributed by atoms with van der Waals surface area (Å²) in [6.45, 7) is 4.02. The fourth-order valence-electron chi connectivity index (χ4n) is 1.91. The summed E-state index contributed by atoms with van der Waals surface area (Å²) in [5, 5.41) is 0. The molecule has 0 fully saturated rings. The second-order valence-corrected chi connectivity index (χ2v) is 3.86. The van der Waals surface area contributed by atoms with Gasteiger partial charge >= 0.3 is 0 Å². The Morgan fingerprint density at radius 1 is 1.31 bits per heavy atom. The van der Waals surface area contributed by atoms with Crippen molar-refractivity contribution < 1.29 is 14.3 Å². The summed E-state index contributed by atoms with van der Waals surface area (Å²) in [7, 11) is 3.26. The van der Waals surface area contributed by atoms with Crippen LogP contribution >= 0.6 is 0 Å². The van der Waals surface area contributed by atoms with E-state index >= 15 is 0 Å². The summed E-state index contributed by atoms with van der Waals surface area (Å²) in [6.07, 6.45) is 1.44. The Balaban J connectivity index is 3.20. The number of methoxy groups -OCH3 is 2. The first kappa shape index (κ1) is 12.6. The van der Waals surface area contributed by atoms with Gasteiger partial charge in [0, 0.05) is 18.1 Å². The molecule has 1 rings (SSSR count). The minimum Gasteiger partial charge on any atom is -0.497 e. The molecule has 1 aromatic rings. The van der Waals surface area contributed by atoms with Gasteiger partial charge in [0.05, 0.1) is 14.2 Å². The third-order valence-electron chi connectivity index (χ3n) is 2.72. The van der Waals surface area contributed by atoms with E-state index < -0.39 is 0 Å². The maximum absolute atomic E-state index is 10.6. The number of carbonyl (C=O) groups excluding carboxylic acids is 1. The van der Waals surface area contributed by atoms with E-state index in [1.807, 2.05) is 26.0 Å². The van der Waals surface area contributed by atoms with E-state index in [4.69, 9.17) is 9.47 Å². The highest BCUT2D eigenvalue weighted by atomic mass is 16.5. The van der Waals surface area contributed by atoms with E-state index in [9.17, 15) is 4.79 Å². The summed E-state index contributed by atoms with van der Waals surface area (Å²) in [4.78, 5) is 10.6. The molecule has 0 aromatic heterocycles. The van der Waals surface area contributed by atoms with E-state index in [1.54, 1.807) is 14.2 Å². The predicted octanol–water partition coefficient (Wildman–Crippen LogP) is 2.70. The maximum Gasteiger partial charge on any atom is 0.126 e. The first-order valence-electron chi connectivity index (χ1n) is 5.30. The lowest BCUT2D eigenvalue weighted by atomic mass is 9.93. The van der Waals surface area contributed by atoms with Crippen LogP contribution in [0.3, 0.4) is 0 Å². The lowest BCUT2D eigenvalue weighted by molar-refractivity contribution is -0.108. The van der Waals surface area contributed by atoms with Crippen LogP contribution in [0.2, 0.25) is 0 Å². The fourth-order valence-corrected chi connectivity index (χ4v) is 1.91. The second kappa shape index (κ2) is 5.54. The molecule has 0 aliphatic carbocycles. The molecule has 3 heteroatoms. The van der Waals surface area contributed by atoms with Crippen molar-refractivity contribution >= 4 is 6.29 Å². The second-order valence-electron chi connectivity index (χ2n) is 3.86. The zero-order chi connectivity index (χ0) is 12.1. The van der Waals surface area contributed by atoms with Gasteiger partial charge in [-0.1, -0.05) is 6.92 Å². The Hall–Kier alpha value is -1.51. The quantitative estimate of drug-likeness (QED) is 0.718. The molecule has 88 valence electrons. The largest absolute Gasteiger partial charge is 0.497 e. The van der Waals surface area contributed by atoms with Gasteiger partial charge in [0.1, 0.15) is 17.8 Å². The van der Waals surface area contributed by atoms with Crippen LogP contribution in [0, 0.1) is 6.92 Å². The first-order valence-corrected chi connectivity index (χ1v) is 5.30. The normalized spacial score (nSPS) is 12.0. The average molecular weight is 222 g/mol. The molecule has 0 aliphatic heterocycles. The third-order valence-corrected chi connectivity index (χ3v) is 2.72. The number of hydrogen-bond donors (Lipinski definition) is 0. The summed E-state index contributed by atoms with van der Waals surface area (Å²) < 4.78 is 10.5. The smallest absolute Gasteiger partial charge is 0.126 e. The van der Waals surface area contributed by atoms with Crippen molar-refractivity contribution in [2.75, 3.05) is 14.2 Å². The average Bonchev–Trinajstić information content (AvgIpc) is 2.27. The molecular weight excluding hydrogens is 204 g/mol. The molecule has 0 saturated heterocycles. The Morgan fingerprint density at radius 3 is 2.50 bits per heavy atom. The Morgan fingerprint density at radius 2 is 2.00 bits per heavy atom. The van der Waals surface area contributed by atoms with Gasteiger partial charge < -0.3 is 14.3 Å². The zero-order valence-corrected chi connectivity index (χ0v) is 10.2. The molecule has 3 nitrogen and oxygen atoms in total. The van der Waals surface area contributed by atoms with Gasteiger partial charge in [-0.2, -0.15) is 0 Å². The summed E-state index contributed by atoms with van der Waals surface area (Å²) in [6, 6.07) is 3.81. The van der Waals surface area contributed by atoms with E-state index in [2.05, 4.69) is 0 Å². The number of carbonyl (C=O) groups is 1. The summed E-state index contributed by atoms with van der Waals surface area (Å²) in [5.41, 5.74) is 2.17. The number of rotatable bonds is 5. The van der Waals surface area contributed by atoms with Crippen molar-refractivity contribution in [2.45, 2.75) is 26.2 Å². The molecule has 1 atom stereocenters. The molecule has 0 saturated carbocycles. The Kier molecular flexibility index (Phi) is 4.35. The standard InChI is InChI=1S/C13H18O3/c1-9(5-6-14)13-10(2)7-11(15-3)8-12(13)16-4/h6-9H,5H2,1-4H3. The summed E-state index contributed by atoms with van der Waals surface area (Å²) >= 11 is 0. The molecule has 0 bridgehead atoms. The van der Waals surface area contributed by atoms with Gasteiger partial charge in [0.15, 0.2) is 0 Å². The van der Waals surface area contributed by atoms with Gasteiger partial charge in [0.2, 0.25) is 0 Å². The maximum atomic E-state index is 10.6. The lowest BCUT2D eigenvalue weighted by Gasteiger charge is -2.17. The monoisotopic (exact) mass is 222 g/mol. The molecule has 0 radical (unpaired) electrons. The Labute approximate surface area is 96.4 Å². The minimum atomic E-state index is 0.165. The predicted molar refractivity (Wildman–Crippen MR) is 63.4 cm³/mol. The van der Waals surface area contributed by atoms with Crippen molar-refractivity contribution in [2.24, 2.45) is 0 Å². The molecule has 0 amide bonds. The van der Waals surface area contributed by atoms with Crippen LogP contribution in [0.25, 0.3) is 0 Å². The zero-order valence-electron chi connectivity index (χ0n) is 10.2. The third kappa shape index (κ3) is 2.54. The number of aryl methyl sites for hydroxylation is 1. The van der Waals surface area contributed by atoms with Crippen molar-refractivity contribution in [1.82, 2.24) is 0 Å². The minimum absolute atomic E-state index is 0.165.